The molecular weight excluding hydrogens is 284 g/mol. The second-order valence-electron chi connectivity index (χ2n) is 4.68. The van der Waals surface area contributed by atoms with Crippen LogP contribution in [0, 0.1) is 0 Å². The van der Waals surface area contributed by atoms with Gasteiger partial charge in [-0.3, -0.25) is 0 Å². The van der Waals surface area contributed by atoms with Gasteiger partial charge in [-0.2, -0.15) is 0 Å². The summed E-state index contributed by atoms with van der Waals surface area (Å²) in [5.41, 5.74) is 5.43. The lowest BCUT2D eigenvalue weighted by atomic mass is 10.1. The molecule has 0 bridgehead atoms. The molecule has 0 radical (unpaired) electrons. The number of nitrogens with one attached hydrogen (secondary N) is 1. The topological polar surface area (TPSA) is 81.4 Å². The van der Waals surface area contributed by atoms with Crippen LogP contribution in [-0.4, -0.2) is 32.7 Å². The molecule has 0 atom stereocenters. The third-order valence-corrected chi connectivity index (χ3v) is 4.30. The number of ether oxygens (including phenoxy) is 1. The van der Waals surface area contributed by atoms with Crippen LogP contribution in [0.15, 0.2) is 29.2 Å². The Balaban J connectivity index is 2.95. The monoisotopic (exact) mass is 302 g/mol. The number of nitrogens with two attached hydrogens (primary N) is 1. The largest absolute Gasteiger partial charge is 0.389 e. The number of thiocarbonyl (C=S) groups is 1. The molecule has 1 aromatic rings. The molecular formula is C12H18N2O3S2. The van der Waals surface area contributed by atoms with Gasteiger partial charge in [0, 0.05) is 19.2 Å². The molecule has 7 heteroatoms. The van der Waals surface area contributed by atoms with Crippen LogP contribution in [0.3, 0.4) is 0 Å². The third-order valence-electron chi connectivity index (χ3n) is 2.67. The summed E-state index contributed by atoms with van der Waals surface area (Å²) in [6.45, 7) is 3.75. The highest BCUT2D eigenvalue weighted by atomic mass is 32.2. The fraction of sp³-hybridized carbons (Fsp3) is 0.417. The van der Waals surface area contributed by atoms with Crippen molar-refractivity contribution >= 4 is 27.2 Å². The molecule has 0 saturated heterocycles. The van der Waals surface area contributed by atoms with E-state index in [4.69, 9.17) is 22.7 Å². The Hall–Kier alpha value is -1.02. The van der Waals surface area contributed by atoms with Crippen molar-refractivity contribution in [1.82, 2.24) is 4.72 Å². The Labute approximate surface area is 119 Å². The lowest BCUT2D eigenvalue weighted by molar-refractivity contribution is 0.0276. The summed E-state index contributed by atoms with van der Waals surface area (Å²) in [5, 5.41) is 0. The highest BCUT2D eigenvalue weighted by Crippen LogP contribution is 2.13. The van der Waals surface area contributed by atoms with Gasteiger partial charge in [0.05, 0.1) is 10.5 Å². The van der Waals surface area contributed by atoms with Crippen molar-refractivity contribution in [3.05, 3.63) is 29.8 Å². The highest BCUT2D eigenvalue weighted by molar-refractivity contribution is 7.89. The van der Waals surface area contributed by atoms with Crippen molar-refractivity contribution in [1.29, 1.82) is 0 Å². The smallest absolute Gasteiger partial charge is 0.240 e. The van der Waals surface area contributed by atoms with Gasteiger partial charge in [-0.15, -0.1) is 0 Å². The summed E-state index contributed by atoms with van der Waals surface area (Å²) in [4.78, 5) is 0.291. The van der Waals surface area contributed by atoms with Crippen molar-refractivity contribution < 1.29 is 13.2 Å². The fourth-order valence-corrected chi connectivity index (χ4v) is 2.61. The number of hydrogen-bond donors (Lipinski definition) is 2. The first-order valence-electron chi connectivity index (χ1n) is 5.63. The van der Waals surface area contributed by atoms with E-state index in [-0.39, 0.29) is 16.4 Å². The van der Waals surface area contributed by atoms with Gasteiger partial charge in [0.25, 0.3) is 0 Å². The van der Waals surface area contributed by atoms with Gasteiger partial charge in [0.15, 0.2) is 0 Å². The number of sulfonamides is 1. The molecule has 0 aliphatic heterocycles. The van der Waals surface area contributed by atoms with E-state index in [2.05, 4.69) is 4.72 Å². The molecule has 1 rings (SSSR count). The molecule has 0 fully saturated rings. The Kier molecular flexibility index (Phi) is 5.03. The molecule has 1 aromatic carbocycles. The maximum Gasteiger partial charge on any atom is 0.240 e. The van der Waals surface area contributed by atoms with Gasteiger partial charge < -0.3 is 10.5 Å². The quantitative estimate of drug-likeness (QED) is 0.767. The average molecular weight is 302 g/mol. The van der Waals surface area contributed by atoms with E-state index in [0.29, 0.717) is 5.56 Å². The third kappa shape index (κ3) is 4.54. The molecule has 5 nitrogen and oxygen atoms in total. The lowest BCUT2D eigenvalue weighted by Crippen LogP contribution is -2.39. The molecule has 0 aromatic heterocycles. The molecule has 0 saturated carbocycles. The maximum absolute atomic E-state index is 12.1. The van der Waals surface area contributed by atoms with Crippen LogP contribution >= 0.6 is 12.2 Å². The Morgan fingerprint density at radius 3 is 2.63 bits per heavy atom. The zero-order valence-corrected chi connectivity index (χ0v) is 12.8. The minimum atomic E-state index is -3.60. The number of hydrogen-bond acceptors (Lipinski definition) is 4. The summed E-state index contributed by atoms with van der Waals surface area (Å²) in [5.74, 6) is 0. The minimum absolute atomic E-state index is 0.129. The Bertz CT molecular complexity index is 568. The second-order valence-corrected chi connectivity index (χ2v) is 6.89. The van der Waals surface area contributed by atoms with E-state index in [1.165, 1.54) is 19.2 Å². The van der Waals surface area contributed by atoms with E-state index >= 15 is 0 Å². The summed E-state index contributed by atoms with van der Waals surface area (Å²) < 4.78 is 31.9. The molecule has 0 heterocycles. The number of benzene rings is 1. The van der Waals surface area contributed by atoms with Gasteiger partial charge in [0.1, 0.15) is 4.99 Å². The first-order chi connectivity index (χ1) is 8.68. The summed E-state index contributed by atoms with van der Waals surface area (Å²) in [7, 11) is -2.08. The summed E-state index contributed by atoms with van der Waals surface area (Å²) in [6.07, 6.45) is 0. The predicted molar refractivity (Wildman–Crippen MR) is 78.6 cm³/mol. The van der Waals surface area contributed by atoms with Crippen LogP contribution in [0.2, 0.25) is 0 Å². The van der Waals surface area contributed by atoms with Crippen LogP contribution in [0.1, 0.15) is 19.4 Å². The van der Waals surface area contributed by atoms with E-state index in [1.54, 1.807) is 26.0 Å². The number of methoxy groups -OCH3 is 1. The van der Waals surface area contributed by atoms with E-state index < -0.39 is 15.6 Å². The van der Waals surface area contributed by atoms with E-state index in [9.17, 15) is 8.42 Å². The SMILES string of the molecule is COC(C)(C)CNS(=O)(=O)c1cccc(C(N)=S)c1. The lowest BCUT2D eigenvalue weighted by Gasteiger charge is -2.23. The van der Waals surface area contributed by atoms with Gasteiger partial charge >= 0.3 is 0 Å². The highest BCUT2D eigenvalue weighted by Gasteiger charge is 2.21. The van der Waals surface area contributed by atoms with Gasteiger partial charge in [-0.25, -0.2) is 13.1 Å². The molecule has 0 unspecified atom stereocenters. The van der Waals surface area contributed by atoms with Crippen molar-refractivity contribution in [2.75, 3.05) is 13.7 Å². The number of rotatable bonds is 6. The summed E-state index contributed by atoms with van der Waals surface area (Å²) >= 11 is 4.83. The molecule has 0 aliphatic rings. The minimum Gasteiger partial charge on any atom is -0.389 e. The molecule has 0 aliphatic carbocycles. The average Bonchev–Trinajstić information content (AvgIpc) is 2.37. The first-order valence-corrected chi connectivity index (χ1v) is 7.52. The van der Waals surface area contributed by atoms with Crippen LogP contribution < -0.4 is 10.5 Å². The van der Waals surface area contributed by atoms with Gasteiger partial charge in [-0.1, -0.05) is 24.4 Å². The predicted octanol–water partition coefficient (Wildman–Crippen LogP) is 1.02. The van der Waals surface area contributed by atoms with E-state index in [1.807, 2.05) is 0 Å². The van der Waals surface area contributed by atoms with Crippen molar-refractivity contribution in [3.8, 4) is 0 Å². The van der Waals surface area contributed by atoms with Crippen LogP contribution in [-0.2, 0) is 14.8 Å². The Morgan fingerprint density at radius 1 is 1.47 bits per heavy atom. The maximum atomic E-state index is 12.1. The van der Waals surface area contributed by atoms with Crippen molar-refractivity contribution in [3.63, 3.8) is 0 Å². The van der Waals surface area contributed by atoms with Crippen molar-refractivity contribution in [2.24, 2.45) is 5.73 Å². The van der Waals surface area contributed by atoms with Gasteiger partial charge in [-0.05, 0) is 26.0 Å². The molecule has 0 spiro atoms. The van der Waals surface area contributed by atoms with Crippen LogP contribution in [0.4, 0.5) is 0 Å². The van der Waals surface area contributed by atoms with E-state index in [0.717, 1.165) is 0 Å². The van der Waals surface area contributed by atoms with Crippen LogP contribution in [0.25, 0.3) is 0 Å². The molecule has 3 N–H and O–H groups in total. The first kappa shape index (κ1) is 16.0. The molecule has 0 amide bonds. The Morgan fingerprint density at radius 2 is 2.11 bits per heavy atom. The zero-order chi connectivity index (χ0) is 14.7. The molecule has 19 heavy (non-hydrogen) atoms. The second kappa shape index (κ2) is 5.96. The zero-order valence-electron chi connectivity index (χ0n) is 11.1. The van der Waals surface area contributed by atoms with Crippen molar-refractivity contribution in [2.45, 2.75) is 24.3 Å². The summed E-state index contributed by atoms with van der Waals surface area (Å²) in [6, 6.07) is 6.21. The van der Waals surface area contributed by atoms with Crippen LogP contribution in [0.5, 0.6) is 0 Å². The molecule has 106 valence electrons. The fourth-order valence-electron chi connectivity index (χ4n) is 1.24. The van der Waals surface area contributed by atoms with Gasteiger partial charge in [0.2, 0.25) is 10.0 Å². The standard InChI is InChI=1S/C12H18N2O3S2/c1-12(2,17-3)8-14-19(15,16)10-6-4-5-9(7-10)11(13)18/h4-7,14H,8H2,1-3H3,(H2,13,18). The normalized spacial score (nSPS) is 12.4.